The summed E-state index contributed by atoms with van der Waals surface area (Å²) in [6.07, 6.45) is -7.77. The molecule has 4 N–H and O–H groups in total. The number of unbranched alkanes of at least 4 members (excludes halogenated alkanes) is 2. The van der Waals surface area contributed by atoms with Crippen LogP contribution in [0.15, 0.2) is 0 Å². The Kier molecular flexibility index (Phi) is 6.67. The topological polar surface area (TPSA) is 84.2 Å². The molecule has 1 rings (SSSR count). The van der Waals surface area contributed by atoms with E-state index in [9.17, 15) is 33.6 Å². The molecule has 1 aliphatic heterocycles. The van der Waals surface area contributed by atoms with Gasteiger partial charge in [-0.05, 0) is 19.4 Å². The Labute approximate surface area is 115 Å². The maximum atomic E-state index is 12.0. The molecule has 0 spiro atoms. The summed E-state index contributed by atoms with van der Waals surface area (Å²) in [7, 11) is 0. The van der Waals surface area contributed by atoms with Gasteiger partial charge in [0.2, 0.25) is 0 Å². The Morgan fingerprint density at radius 3 is 2.20 bits per heavy atom. The van der Waals surface area contributed by atoms with Crippen LogP contribution < -0.4 is 0 Å². The smallest absolute Gasteiger partial charge is 0.389 e. The summed E-state index contributed by atoms with van der Waals surface area (Å²) in [4.78, 5) is 1.61. The minimum atomic E-state index is -4.14. The highest BCUT2D eigenvalue weighted by Gasteiger charge is 2.40. The number of nitrogens with zero attached hydrogens (tertiary/aromatic N) is 1. The molecule has 1 heterocycles. The van der Waals surface area contributed by atoms with Crippen molar-refractivity contribution in [2.75, 3.05) is 19.7 Å². The summed E-state index contributed by atoms with van der Waals surface area (Å²) in [5.74, 6) is 0. The first-order valence-electron chi connectivity index (χ1n) is 6.72. The van der Waals surface area contributed by atoms with Crippen LogP contribution >= 0.6 is 0 Å². The van der Waals surface area contributed by atoms with E-state index >= 15 is 0 Å². The van der Waals surface area contributed by atoms with Crippen LogP contribution in [0.3, 0.4) is 0 Å². The predicted molar refractivity (Wildman–Crippen MR) is 65.0 cm³/mol. The van der Waals surface area contributed by atoms with Gasteiger partial charge < -0.3 is 20.4 Å². The lowest BCUT2D eigenvalue weighted by molar-refractivity contribution is -0.145. The molecule has 0 saturated carbocycles. The minimum absolute atomic E-state index is 0.0366. The quantitative estimate of drug-likeness (QED) is 0.514. The molecule has 0 amide bonds. The predicted octanol–water partition coefficient (Wildman–Crippen LogP) is -0.132. The number of halogens is 3. The zero-order valence-corrected chi connectivity index (χ0v) is 11.1. The third kappa shape index (κ3) is 5.17. The van der Waals surface area contributed by atoms with E-state index in [1.807, 2.05) is 0 Å². The molecule has 0 aliphatic carbocycles. The lowest BCUT2D eigenvalue weighted by atomic mass is 9.94. The van der Waals surface area contributed by atoms with Crippen LogP contribution in [0.5, 0.6) is 0 Å². The summed E-state index contributed by atoms with van der Waals surface area (Å²) in [5, 5.41) is 38.0. The SMILES string of the molecule is OC[C@@H]1[C@@H](O)[C@H](O)[C@@H](O)CN1CCCCCC(F)(F)F. The molecule has 0 radical (unpaired) electrons. The zero-order chi connectivity index (χ0) is 15.3. The molecular formula is C12H22F3NO4. The van der Waals surface area contributed by atoms with Crippen molar-refractivity contribution in [3.63, 3.8) is 0 Å². The highest BCUT2D eigenvalue weighted by molar-refractivity contribution is 4.93. The molecule has 0 unspecified atom stereocenters. The van der Waals surface area contributed by atoms with Crippen LogP contribution in [0.1, 0.15) is 25.7 Å². The van der Waals surface area contributed by atoms with Gasteiger partial charge in [0.15, 0.2) is 0 Å². The number of β-amino-alcohol motifs (C(OH)–C–C–N with tert-alkyl or cyclic N) is 1. The van der Waals surface area contributed by atoms with Crippen molar-refractivity contribution in [2.45, 2.75) is 56.2 Å². The van der Waals surface area contributed by atoms with Gasteiger partial charge in [0, 0.05) is 13.0 Å². The van der Waals surface area contributed by atoms with Gasteiger partial charge in [-0.1, -0.05) is 6.42 Å². The molecule has 0 aromatic heterocycles. The second-order valence-corrected chi connectivity index (χ2v) is 5.22. The first-order chi connectivity index (χ1) is 9.26. The summed E-state index contributed by atoms with van der Waals surface area (Å²) in [6.45, 7) is 0.0696. The Balaban J connectivity index is 2.34. The van der Waals surface area contributed by atoms with Crippen molar-refractivity contribution >= 4 is 0 Å². The zero-order valence-electron chi connectivity index (χ0n) is 11.1. The number of alkyl halides is 3. The molecule has 0 aromatic carbocycles. The molecule has 120 valence electrons. The summed E-state index contributed by atoms with van der Waals surface area (Å²) < 4.78 is 35.9. The molecular weight excluding hydrogens is 279 g/mol. The molecule has 0 aromatic rings. The van der Waals surface area contributed by atoms with Crippen LogP contribution in [0.4, 0.5) is 13.2 Å². The van der Waals surface area contributed by atoms with E-state index in [4.69, 9.17) is 0 Å². The largest absolute Gasteiger partial charge is 0.395 e. The third-order valence-electron chi connectivity index (χ3n) is 3.62. The van der Waals surface area contributed by atoms with Gasteiger partial charge in [-0.3, -0.25) is 4.90 Å². The number of piperidine rings is 1. The fraction of sp³-hybridized carbons (Fsp3) is 1.00. The number of hydrogen-bond donors (Lipinski definition) is 4. The maximum Gasteiger partial charge on any atom is 0.389 e. The van der Waals surface area contributed by atoms with E-state index in [1.165, 1.54) is 0 Å². The standard InChI is InChI=1S/C12H22F3NO4/c13-12(14,15)4-2-1-3-5-16-6-9(18)11(20)10(19)8(16)7-17/h8-11,17-20H,1-7H2/t8-,9+,10-,11-/m1/s1. The maximum absolute atomic E-state index is 12.0. The van der Waals surface area contributed by atoms with Crippen molar-refractivity contribution in [1.82, 2.24) is 4.90 Å². The van der Waals surface area contributed by atoms with E-state index < -0.39 is 37.0 Å². The van der Waals surface area contributed by atoms with Gasteiger partial charge in [0.05, 0.1) is 18.8 Å². The van der Waals surface area contributed by atoms with Gasteiger partial charge >= 0.3 is 6.18 Å². The Morgan fingerprint density at radius 1 is 1.00 bits per heavy atom. The van der Waals surface area contributed by atoms with E-state index in [0.29, 0.717) is 19.4 Å². The van der Waals surface area contributed by atoms with Gasteiger partial charge in [0.1, 0.15) is 12.2 Å². The highest BCUT2D eigenvalue weighted by atomic mass is 19.4. The second kappa shape index (κ2) is 7.56. The van der Waals surface area contributed by atoms with Crippen LogP contribution in [-0.2, 0) is 0 Å². The summed E-state index contributed by atoms with van der Waals surface area (Å²) >= 11 is 0. The van der Waals surface area contributed by atoms with E-state index in [2.05, 4.69) is 0 Å². The van der Waals surface area contributed by atoms with Gasteiger partial charge in [0.25, 0.3) is 0 Å². The lowest BCUT2D eigenvalue weighted by Gasteiger charge is -2.43. The average Bonchev–Trinajstić information content (AvgIpc) is 2.34. The second-order valence-electron chi connectivity index (χ2n) is 5.22. The Morgan fingerprint density at radius 2 is 1.65 bits per heavy atom. The number of aliphatic hydroxyl groups is 4. The minimum Gasteiger partial charge on any atom is -0.395 e. The fourth-order valence-electron chi connectivity index (χ4n) is 2.45. The van der Waals surface area contributed by atoms with E-state index in [-0.39, 0.29) is 19.6 Å². The molecule has 5 nitrogen and oxygen atoms in total. The van der Waals surface area contributed by atoms with Gasteiger partial charge in [-0.25, -0.2) is 0 Å². The Hall–Kier alpha value is -0.410. The van der Waals surface area contributed by atoms with Crippen LogP contribution in [0.2, 0.25) is 0 Å². The third-order valence-corrected chi connectivity index (χ3v) is 3.62. The first-order valence-corrected chi connectivity index (χ1v) is 6.72. The monoisotopic (exact) mass is 301 g/mol. The number of likely N-dealkylation sites (tertiary alicyclic amines) is 1. The van der Waals surface area contributed by atoms with Gasteiger partial charge in [-0.2, -0.15) is 13.2 Å². The molecule has 20 heavy (non-hydrogen) atoms. The van der Waals surface area contributed by atoms with E-state index in [1.54, 1.807) is 4.90 Å². The molecule has 1 aliphatic rings. The molecule has 0 bridgehead atoms. The van der Waals surface area contributed by atoms with E-state index in [0.717, 1.165) is 0 Å². The van der Waals surface area contributed by atoms with Crippen molar-refractivity contribution in [1.29, 1.82) is 0 Å². The van der Waals surface area contributed by atoms with Crippen LogP contribution in [0, 0.1) is 0 Å². The normalized spacial score (nSPS) is 32.5. The lowest BCUT2D eigenvalue weighted by Crippen LogP contribution is -2.62. The molecule has 4 atom stereocenters. The molecule has 1 fully saturated rings. The molecule has 1 saturated heterocycles. The van der Waals surface area contributed by atoms with Crippen molar-refractivity contribution < 1.29 is 33.6 Å². The highest BCUT2D eigenvalue weighted by Crippen LogP contribution is 2.23. The fourth-order valence-corrected chi connectivity index (χ4v) is 2.45. The average molecular weight is 301 g/mol. The first kappa shape index (κ1) is 17.6. The van der Waals surface area contributed by atoms with Crippen molar-refractivity contribution in [2.24, 2.45) is 0 Å². The van der Waals surface area contributed by atoms with Crippen molar-refractivity contribution in [3.8, 4) is 0 Å². The summed E-state index contributed by atoms with van der Waals surface area (Å²) in [5.41, 5.74) is 0. The van der Waals surface area contributed by atoms with Crippen molar-refractivity contribution in [3.05, 3.63) is 0 Å². The number of hydrogen-bond acceptors (Lipinski definition) is 5. The number of aliphatic hydroxyl groups excluding tert-OH is 4. The van der Waals surface area contributed by atoms with Crippen LogP contribution in [0.25, 0.3) is 0 Å². The molecule has 8 heteroatoms. The Bertz CT molecular complexity index is 290. The summed E-state index contributed by atoms with van der Waals surface area (Å²) in [6, 6.07) is -0.698. The number of rotatable bonds is 6. The van der Waals surface area contributed by atoms with Crippen LogP contribution in [-0.4, -0.2) is 75.6 Å². The van der Waals surface area contributed by atoms with Gasteiger partial charge in [-0.15, -0.1) is 0 Å².